The van der Waals surface area contributed by atoms with Crippen LogP contribution in [0, 0.1) is 6.92 Å². The molecule has 0 radical (unpaired) electrons. The third-order valence-electron chi connectivity index (χ3n) is 5.51. The van der Waals surface area contributed by atoms with Crippen LogP contribution in [-0.2, 0) is 0 Å². The van der Waals surface area contributed by atoms with Crippen molar-refractivity contribution in [3.8, 4) is 11.3 Å². The summed E-state index contributed by atoms with van der Waals surface area (Å²) in [7, 11) is 0. The number of hydrogen-bond donors (Lipinski definition) is 1. The van der Waals surface area contributed by atoms with Gasteiger partial charge < -0.3 is 14.6 Å². The molecule has 3 heterocycles. The van der Waals surface area contributed by atoms with E-state index in [2.05, 4.69) is 15.2 Å². The third kappa shape index (κ3) is 3.71. The number of pyridine rings is 1. The van der Waals surface area contributed by atoms with Gasteiger partial charge in [0.25, 0.3) is 0 Å². The second-order valence-electron chi connectivity index (χ2n) is 7.50. The number of halogens is 1. The number of rotatable bonds is 4. The van der Waals surface area contributed by atoms with Crippen molar-refractivity contribution in [2.45, 2.75) is 19.0 Å². The Morgan fingerprint density at radius 1 is 1.00 bits per heavy atom. The molecular formula is C25H20ClN3OS. The van der Waals surface area contributed by atoms with Crippen LogP contribution in [0.3, 0.4) is 0 Å². The highest BCUT2D eigenvalue weighted by Crippen LogP contribution is 2.43. The summed E-state index contributed by atoms with van der Waals surface area (Å²) in [6.45, 7) is 1.99. The van der Waals surface area contributed by atoms with E-state index in [1.165, 1.54) is 0 Å². The van der Waals surface area contributed by atoms with E-state index in [9.17, 15) is 0 Å². The van der Waals surface area contributed by atoms with Gasteiger partial charge in [0, 0.05) is 22.5 Å². The highest BCUT2D eigenvalue weighted by molar-refractivity contribution is 7.80. The summed E-state index contributed by atoms with van der Waals surface area (Å²) < 4.78 is 6.37. The summed E-state index contributed by atoms with van der Waals surface area (Å²) in [6, 6.07) is 25.6. The molecular weight excluding hydrogens is 426 g/mol. The summed E-state index contributed by atoms with van der Waals surface area (Å²) in [5, 5.41) is 4.81. The van der Waals surface area contributed by atoms with E-state index in [1.54, 1.807) is 6.20 Å². The third-order valence-corrected chi connectivity index (χ3v) is 6.23. The second-order valence-corrected chi connectivity index (χ2v) is 8.29. The molecule has 154 valence electrons. The fraction of sp³-hybridized carbons (Fsp3) is 0.120. The number of hydrogen-bond acceptors (Lipinski definition) is 3. The molecule has 1 aliphatic heterocycles. The zero-order chi connectivity index (χ0) is 21.4. The molecule has 2 aromatic carbocycles. The Morgan fingerprint density at radius 3 is 2.55 bits per heavy atom. The van der Waals surface area contributed by atoms with E-state index >= 15 is 0 Å². The Bertz CT molecular complexity index is 1230. The largest absolute Gasteiger partial charge is 0.459 e. The first-order valence-electron chi connectivity index (χ1n) is 10.0. The van der Waals surface area contributed by atoms with Gasteiger partial charge in [-0.25, -0.2) is 0 Å². The van der Waals surface area contributed by atoms with Gasteiger partial charge in [-0.05, 0) is 67.2 Å². The summed E-state index contributed by atoms with van der Waals surface area (Å²) in [5.41, 5.74) is 3.88. The fourth-order valence-corrected chi connectivity index (χ4v) is 4.45. The Labute approximate surface area is 191 Å². The van der Waals surface area contributed by atoms with Crippen LogP contribution in [0.4, 0.5) is 5.69 Å². The lowest BCUT2D eigenvalue weighted by Gasteiger charge is -2.26. The maximum absolute atomic E-state index is 6.37. The van der Waals surface area contributed by atoms with Crippen LogP contribution in [0.2, 0.25) is 5.02 Å². The lowest BCUT2D eigenvalue weighted by Crippen LogP contribution is -2.29. The SMILES string of the molecule is Cc1ccc(-c2ccc([C@H]3[C@H](c4ccccn4)NC(=S)N3c3ccccc3)o2)cc1Cl. The van der Waals surface area contributed by atoms with Crippen molar-refractivity contribution in [1.29, 1.82) is 0 Å². The van der Waals surface area contributed by atoms with Gasteiger partial charge in [0.05, 0.1) is 11.7 Å². The van der Waals surface area contributed by atoms with E-state index < -0.39 is 0 Å². The minimum absolute atomic E-state index is 0.144. The molecule has 0 spiro atoms. The minimum Gasteiger partial charge on any atom is -0.459 e. The monoisotopic (exact) mass is 445 g/mol. The van der Waals surface area contributed by atoms with E-state index in [-0.39, 0.29) is 12.1 Å². The molecule has 1 fully saturated rings. The number of nitrogens with zero attached hydrogens (tertiary/aromatic N) is 2. The summed E-state index contributed by atoms with van der Waals surface area (Å²) in [5.74, 6) is 1.57. The first-order chi connectivity index (χ1) is 15.1. The zero-order valence-corrected chi connectivity index (χ0v) is 18.4. The highest BCUT2D eigenvalue weighted by Gasteiger charge is 2.42. The van der Waals surface area contributed by atoms with E-state index in [1.807, 2.05) is 85.8 Å². The molecule has 4 nitrogen and oxygen atoms in total. The van der Waals surface area contributed by atoms with Crippen molar-refractivity contribution in [2.75, 3.05) is 4.90 Å². The molecule has 0 amide bonds. The van der Waals surface area contributed by atoms with Crippen molar-refractivity contribution in [3.63, 3.8) is 0 Å². The van der Waals surface area contributed by atoms with Crippen molar-refractivity contribution in [1.82, 2.24) is 10.3 Å². The van der Waals surface area contributed by atoms with Crippen molar-refractivity contribution in [2.24, 2.45) is 0 Å². The van der Waals surface area contributed by atoms with Gasteiger partial charge in [-0.2, -0.15) is 0 Å². The van der Waals surface area contributed by atoms with Crippen LogP contribution in [-0.4, -0.2) is 10.1 Å². The predicted molar refractivity (Wildman–Crippen MR) is 128 cm³/mol. The molecule has 4 aromatic rings. The maximum atomic E-state index is 6.37. The van der Waals surface area contributed by atoms with E-state index in [4.69, 9.17) is 28.2 Å². The average molecular weight is 446 g/mol. The number of aromatic nitrogens is 1. The molecule has 0 bridgehead atoms. The Hall–Kier alpha value is -3.15. The minimum atomic E-state index is -0.181. The average Bonchev–Trinajstić information content (AvgIpc) is 3.41. The number of anilines is 1. The second kappa shape index (κ2) is 8.17. The zero-order valence-electron chi connectivity index (χ0n) is 16.8. The number of para-hydroxylation sites is 1. The first-order valence-corrected chi connectivity index (χ1v) is 10.8. The van der Waals surface area contributed by atoms with Crippen LogP contribution in [0.15, 0.2) is 89.5 Å². The molecule has 6 heteroatoms. The molecule has 1 saturated heterocycles. The number of furan rings is 1. The van der Waals surface area contributed by atoms with Crippen molar-refractivity contribution < 1.29 is 4.42 Å². The number of benzene rings is 2. The first kappa shape index (κ1) is 19.8. The van der Waals surface area contributed by atoms with Gasteiger partial charge in [-0.15, -0.1) is 0 Å². The molecule has 1 aliphatic rings. The van der Waals surface area contributed by atoms with Gasteiger partial charge in [-0.3, -0.25) is 4.98 Å². The molecule has 1 N–H and O–H groups in total. The number of nitrogens with one attached hydrogen (secondary N) is 1. The van der Waals surface area contributed by atoms with Gasteiger partial charge in [0.1, 0.15) is 17.6 Å². The molecule has 2 aromatic heterocycles. The Kier molecular flexibility index (Phi) is 5.22. The normalized spacial score (nSPS) is 18.3. The van der Waals surface area contributed by atoms with E-state index in [0.29, 0.717) is 5.11 Å². The molecule has 2 atom stereocenters. The Balaban J connectivity index is 1.59. The standard InChI is InChI=1S/C25H20ClN3OS/c1-16-10-11-17(15-19(16)26)21-12-13-22(30-21)24-23(20-9-5-6-14-27-20)28-25(31)29(24)18-7-3-2-4-8-18/h2-15,23-24H,1H3,(H,28,31)/t23-,24-/m0/s1. The Morgan fingerprint density at radius 2 is 1.81 bits per heavy atom. The lowest BCUT2D eigenvalue weighted by molar-refractivity contribution is 0.439. The maximum Gasteiger partial charge on any atom is 0.174 e. The lowest BCUT2D eigenvalue weighted by atomic mass is 10.0. The van der Waals surface area contributed by atoms with Gasteiger partial charge >= 0.3 is 0 Å². The molecule has 31 heavy (non-hydrogen) atoms. The van der Waals surface area contributed by atoms with Crippen LogP contribution in [0.25, 0.3) is 11.3 Å². The quantitative estimate of drug-likeness (QED) is 0.364. The molecule has 0 aliphatic carbocycles. The predicted octanol–water partition coefficient (Wildman–Crippen LogP) is 6.48. The van der Waals surface area contributed by atoms with Crippen molar-refractivity contribution in [3.05, 3.63) is 107 Å². The molecule has 5 rings (SSSR count). The van der Waals surface area contributed by atoms with Crippen LogP contribution < -0.4 is 10.2 Å². The van der Waals surface area contributed by atoms with E-state index in [0.717, 1.165) is 39.1 Å². The molecule has 0 unspecified atom stereocenters. The smallest absolute Gasteiger partial charge is 0.174 e. The topological polar surface area (TPSA) is 41.3 Å². The van der Waals surface area contributed by atoms with Gasteiger partial charge in [0.15, 0.2) is 5.11 Å². The van der Waals surface area contributed by atoms with Crippen LogP contribution in [0.5, 0.6) is 0 Å². The van der Waals surface area contributed by atoms with Gasteiger partial charge in [-0.1, -0.05) is 48.0 Å². The van der Waals surface area contributed by atoms with Crippen LogP contribution >= 0.6 is 23.8 Å². The number of thiocarbonyl (C=S) groups is 1. The fourth-order valence-electron chi connectivity index (χ4n) is 3.92. The van der Waals surface area contributed by atoms with Gasteiger partial charge in [0.2, 0.25) is 0 Å². The summed E-state index contributed by atoms with van der Waals surface area (Å²) in [6.07, 6.45) is 1.80. The summed E-state index contributed by atoms with van der Waals surface area (Å²) in [4.78, 5) is 6.67. The molecule has 0 saturated carbocycles. The summed E-state index contributed by atoms with van der Waals surface area (Å²) >= 11 is 12.1. The highest BCUT2D eigenvalue weighted by atomic mass is 35.5. The van der Waals surface area contributed by atoms with Crippen molar-refractivity contribution >= 4 is 34.6 Å². The number of aryl methyl sites for hydroxylation is 1. The van der Waals surface area contributed by atoms with Crippen LogP contribution in [0.1, 0.15) is 29.1 Å².